The van der Waals surface area contributed by atoms with Crippen molar-refractivity contribution in [3.05, 3.63) is 47.3 Å². The number of thioether (sulfide) groups is 1. The summed E-state index contributed by atoms with van der Waals surface area (Å²) >= 11 is 2.99. The van der Waals surface area contributed by atoms with Crippen molar-refractivity contribution in [2.24, 2.45) is 7.05 Å². The molecule has 0 aliphatic heterocycles. The third-order valence-corrected chi connectivity index (χ3v) is 5.44. The van der Waals surface area contributed by atoms with Crippen LogP contribution in [0.1, 0.15) is 5.56 Å². The van der Waals surface area contributed by atoms with E-state index in [4.69, 9.17) is 4.74 Å². The number of rotatable bonds is 7. The van der Waals surface area contributed by atoms with Crippen molar-refractivity contribution in [2.45, 2.75) is 11.7 Å². The summed E-state index contributed by atoms with van der Waals surface area (Å²) in [5, 5.41) is 14.0. The van der Waals surface area contributed by atoms with Gasteiger partial charge in [0.1, 0.15) is 5.75 Å². The number of hydrogen-bond donors (Lipinski definition) is 1. The van der Waals surface area contributed by atoms with Gasteiger partial charge in [0.25, 0.3) is 0 Å². The molecular weight excluding hydrogens is 356 g/mol. The number of nitrogens with one attached hydrogen (secondary N) is 1. The zero-order chi connectivity index (χ0) is 17.6. The van der Waals surface area contributed by atoms with Crippen molar-refractivity contribution in [2.75, 3.05) is 12.9 Å². The summed E-state index contributed by atoms with van der Waals surface area (Å²) in [6, 6.07) is 11.6. The maximum atomic E-state index is 12.0. The second kappa shape index (κ2) is 8.17. The molecule has 0 aliphatic rings. The number of hydrogen-bond acceptors (Lipinski definition) is 6. The number of thiophene rings is 1. The van der Waals surface area contributed by atoms with Gasteiger partial charge in [0.15, 0.2) is 11.0 Å². The molecule has 0 atom stereocenters. The fourth-order valence-electron chi connectivity index (χ4n) is 2.19. The van der Waals surface area contributed by atoms with Crippen LogP contribution in [0, 0.1) is 0 Å². The molecule has 1 amide bonds. The molecule has 0 radical (unpaired) electrons. The molecule has 3 rings (SSSR count). The quantitative estimate of drug-likeness (QED) is 0.644. The molecule has 25 heavy (non-hydrogen) atoms. The molecule has 130 valence electrons. The van der Waals surface area contributed by atoms with Crippen LogP contribution >= 0.6 is 23.1 Å². The normalized spacial score (nSPS) is 10.6. The molecule has 1 aromatic carbocycles. The molecule has 1 N–H and O–H groups in total. The maximum Gasteiger partial charge on any atom is 0.230 e. The topological polar surface area (TPSA) is 69.0 Å². The Labute approximate surface area is 154 Å². The van der Waals surface area contributed by atoms with Crippen molar-refractivity contribution >= 4 is 29.0 Å². The molecule has 2 aromatic heterocycles. The van der Waals surface area contributed by atoms with Gasteiger partial charge in [-0.1, -0.05) is 30.0 Å². The summed E-state index contributed by atoms with van der Waals surface area (Å²) in [5.74, 6) is 1.87. The largest absolute Gasteiger partial charge is 0.497 e. The van der Waals surface area contributed by atoms with Crippen LogP contribution in [0.2, 0.25) is 0 Å². The van der Waals surface area contributed by atoms with Gasteiger partial charge < -0.3 is 14.6 Å². The summed E-state index contributed by atoms with van der Waals surface area (Å²) in [6.07, 6.45) is 0. The van der Waals surface area contributed by atoms with Gasteiger partial charge in [-0.2, -0.15) is 0 Å². The van der Waals surface area contributed by atoms with Gasteiger partial charge in [0.2, 0.25) is 5.91 Å². The Bertz CT molecular complexity index is 829. The molecule has 0 aliphatic carbocycles. The van der Waals surface area contributed by atoms with Gasteiger partial charge >= 0.3 is 0 Å². The predicted molar refractivity (Wildman–Crippen MR) is 99.9 cm³/mol. The van der Waals surface area contributed by atoms with Crippen molar-refractivity contribution in [3.63, 3.8) is 0 Å². The van der Waals surface area contributed by atoms with Crippen molar-refractivity contribution in [1.29, 1.82) is 0 Å². The number of ether oxygens (including phenoxy) is 1. The summed E-state index contributed by atoms with van der Waals surface area (Å²) in [5.41, 5.74) is 1.03. The van der Waals surface area contributed by atoms with Crippen LogP contribution in [-0.4, -0.2) is 33.5 Å². The predicted octanol–water partition coefficient (Wildman–Crippen LogP) is 2.96. The Kier molecular flexibility index (Phi) is 5.72. The highest BCUT2D eigenvalue weighted by Crippen LogP contribution is 2.25. The van der Waals surface area contributed by atoms with E-state index in [0.717, 1.165) is 27.2 Å². The van der Waals surface area contributed by atoms with Crippen LogP contribution in [0.3, 0.4) is 0 Å². The van der Waals surface area contributed by atoms with Gasteiger partial charge in [0.05, 0.1) is 17.7 Å². The molecule has 2 heterocycles. The van der Waals surface area contributed by atoms with Gasteiger partial charge in [-0.25, -0.2) is 0 Å². The first-order chi connectivity index (χ1) is 12.2. The lowest BCUT2D eigenvalue weighted by atomic mass is 10.2. The zero-order valence-corrected chi connectivity index (χ0v) is 15.6. The molecule has 0 fully saturated rings. The number of aromatic nitrogens is 3. The highest BCUT2D eigenvalue weighted by atomic mass is 32.2. The SMILES string of the molecule is COc1ccc(CNC(=O)CSc2nnc(-c3cccs3)n2C)cc1. The number of benzene rings is 1. The average molecular weight is 374 g/mol. The van der Waals surface area contributed by atoms with Crippen LogP contribution in [0.15, 0.2) is 46.9 Å². The Morgan fingerprint density at radius 3 is 2.76 bits per heavy atom. The minimum absolute atomic E-state index is 0.0403. The van der Waals surface area contributed by atoms with Gasteiger partial charge in [0, 0.05) is 13.6 Å². The van der Waals surface area contributed by atoms with E-state index in [1.54, 1.807) is 18.4 Å². The van der Waals surface area contributed by atoms with E-state index in [1.807, 2.05) is 53.4 Å². The molecule has 0 saturated carbocycles. The van der Waals surface area contributed by atoms with Gasteiger partial charge in [-0.05, 0) is 29.1 Å². The Morgan fingerprint density at radius 1 is 1.28 bits per heavy atom. The van der Waals surface area contributed by atoms with Crippen molar-refractivity contribution < 1.29 is 9.53 Å². The smallest absolute Gasteiger partial charge is 0.230 e. The maximum absolute atomic E-state index is 12.0. The Balaban J connectivity index is 1.50. The fourth-order valence-corrected chi connectivity index (χ4v) is 3.67. The second-order valence-corrected chi connectivity index (χ2v) is 7.15. The van der Waals surface area contributed by atoms with E-state index in [-0.39, 0.29) is 5.91 Å². The molecule has 8 heteroatoms. The molecular formula is C17H18N4O2S2. The van der Waals surface area contributed by atoms with Gasteiger partial charge in [-0.3, -0.25) is 4.79 Å². The zero-order valence-electron chi connectivity index (χ0n) is 13.9. The average Bonchev–Trinajstić information content (AvgIpc) is 3.28. The van der Waals surface area contributed by atoms with Crippen LogP contribution in [0.5, 0.6) is 5.75 Å². The molecule has 0 spiro atoms. The van der Waals surface area contributed by atoms with Gasteiger partial charge in [-0.15, -0.1) is 21.5 Å². The van der Waals surface area contributed by atoms with Crippen molar-refractivity contribution in [3.8, 4) is 16.5 Å². The Morgan fingerprint density at radius 2 is 2.08 bits per heavy atom. The number of carbonyl (C=O) groups is 1. The third-order valence-electron chi connectivity index (χ3n) is 3.56. The van der Waals surface area contributed by atoms with Crippen LogP contribution in [0.25, 0.3) is 10.7 Å². The summed E-state index contributed by atoms with van der Waals surface area (Å²) < 4.78 is 7.03. The number of methoxy groups -OCH3 is 1. The lowest BCUT2D eigenvalue weighted by Crippen LogP contribution is -2.24. The second-order valence-electron chi connectivity index (χ2n) is 5.26. The molecule has 3 aromatic rings. The minimum atomic E-state index is -0.0403. The summed E-state index contributed by atoms with van der Waals surface area (Å²) in [7, 11) is 3.54. The van der Waals surface area contributed by atoms with E-state index in [1.165, 1.54) is 11.8 Å². The Hall–Kier alpha value is -2.32. The highest BCUT2D eigenvalue weighted by molar-refractivity contribution is 7.99. The lowest BCUT2D eigenvalue weighted by molar-refractivity contribution is -0.118. The highest BCUT2D eigenvalue weighted by Gasteiger charge is 2.13. The summed E-state index contributed by atoms with van der Waals surface area (Å²) in [6.45, 7) is 0.489. The number of amides is 1. The van der Waals surface area contributed by atoms with Crippen LogP contribution < -0.4 is 10.1 Å². The number of nitrogens with zero attached hydrogens (tertiary/aromatic N) is 3. The molecule has 0 unspecified atom stereocenters. The first kappa shape index (κ1) is 17.5. The molecule has 6 nitrogen and oxygen atoms in total. The fraction of sp³-hybridized carbons (Fsp3) is 0.235. The van der Waals surface area contributed by atoms with E-state index in [2.05, 4.69) is 15.5 Å². The lowest BCUT2D eigenvalue weighted by Gasteiger charge is -2.06. The molecule has 0 bridgehead atoms. The number of carbonyl (C=O) groups excluding carboxylic acids is 1. The van der Waals surface area contributed by atoms with Crippen LogP contribution in [0.4, 0.5) is 0 Å². The first-order valence-corrected chi connectivity index (χ1v) is 9.49. The van der Waals surface area contributed by atoms with E-state index < -0.39 is 0 Å². The first-order valence-electron chi connectivity index (χ1n) is 7.63. The summed E-state index contributed by atoms with van der Waals surface area (Å²) in [4.78, 5) is 13.1. The van der Waals surface area contributed by atoms with Crippen LogP contribution in [-0.2, 0) is 18.4 Å². The monoisotopic (exact) mass is 374 g/mol. The molecule has 0 saturated heterocycles. The van der Waals surface area contributed by atoms with E-state index in [9.17, 15) is 4.79 Å². The van der Waals surface area contributed by atoms with E-state index >= 15 is 0 Å². The minimum Gasteiger partial charge on any atom is -0.497 e. The van der Waals surface area contributed by atoms with Crippen molar-refractivity contribution in [1.82, 2.24) is 20.1 Å². The van der Waals surface area contributed by atoms with E-state index in [0.29, 0.717) is 12.3 Å². The standard InChI is InChI=1S/C17H18N4O2S2/c1-21-16(14-4-3-9-24-14)19-20-17(21)25-11-15(22)18-10-12-5-7-13(23-2)8-6-12/h3-9H,10-11H2,1-2H3,(H,18,22). The third kappa shape index (κ3) is 4.40.